The van der Waals surface area contributed by atoms with Crippen molar-refractivity contribution in [1.82, 2.24) is 10.2 Å². The highest BCUT2D eigenvalue weighted by Gasteiger charge is 2.27. The molecular weight excluding hydrogens is 274 g/mol. The number of nitrogens with zero attached hydrogens (tertiary/aromatic N) is 2. The standard InChI is InChI=1S/C14H15N3O2S/c18-12(8-9-19-11-4-2-1-3-5-11)15-14-17-16-13(20-14)10-6-7-10/h1-5,10H,6-9H2,(H,15,17,18). The number of rotatable bonds is 6. The third kappa shape index (κ3) is 3.54. The average molecular weight is 289 g/mol. The fourth-order valence-corrected chi connectivity index (χ4v) is 2.67. The fourth-order valence-electron chi connectivity index (χ4n) is 1.74. The van der Waals surface area contributed by atoms with Crippen molar-refractivity contribution in [3.63, 3.8) is 0 Å². The first kappa shape index (κ1) is 13.1. The molecule has 0 unspecified atom stereocenters. The summed E-state index contributed by atoms with van der Waals surface area (Å²) in [5, 5.41) is 12.4. The molecule has 1 N–H and O–H groups in total. The summed E-state index contributed by atoms with van der Waals surface area (Å²) in [6, 6.07) is 9.45. The number of anilines is 1. The predicted molar refractivity (Wildman–Crippen MR) is 77.1 cm³/mol. The smallest absolute Gasteiger partial charge is 0.229 e. The van der Waals surface area contributed by atoms with Gasteiger partial charge in [0.15, 0.2) is 0 Å². The summed E-state index contributed by atoms with van der Waals surface area (Å²) >= 11 is 1.47. The summed E-state index contributed by atoms with van der Waals surface area (Å²) in [5.41, 5.74) is 0. The molecule has 0 bridgehead atoms. The summed E-state index contributed by atoms with van der Waals surface area (Å²) in [7, 11) is 0. The van der Waals surface area contributed by atoms with Gasteiger partial charge in [0.25, 0.3) is 0 Å². The van der Waals surface area contributed by atoms with Gasteiger partial charge in [-0.05, 0) is 25.0 Å². The van der Waals surface area contributed by atoms with Gasteiger partial charge in [-0.2, -0.15) is 0 Å². The topological polar surface area (TPSA) is 64.1 Å². The van der Waals surface area contributed by atoms with Crippen molar-refractivity contribution < 1.29 is 9.53 Å². The summed E-state index contributed by atoms with van der Waals surface area (Å²) in [6.45, 7) is 0.351. The van der Waals surface area contributed by atoms with E-state index in [2.05, 4.69) is 15.5 Å². The van der Waals surface area contributed by atoms with Crippen molar-refractivity contribution in [2.24, 2.45) is 0 Å². The van der Waals surface area contributed by atoms with Crippen molar-refractivity contribution >= 4 is 22.4 Å². The maximum Gasteiger partial charge on any atom is 0.229 e. The molecule has 20 heavy (non-hydrogen) atoms. The van der Waals surface area contributed by atoms with E-state index in [1.807, 2.05) is 30.3 Å². The Morgan fingerprint density at radius 3 is 2.85 bits per heavy atom. The fraction of sp³-hybridized carbons (Fsp3) is 0.357. The Kier molecular flexibility index (Phi) is 3.92. The van der Waals surface area contributed by atoms with Crippen molar-refractivity contribution in [1.29, 1.82) is 0 Å². The number of hydrogen-bond acceptors (Lipinski definition) is 5. The van der Waals surface area contributed by atoms with E-state index in [9.17, 15) is 4.79 Å². The molecule has 104 valence electrons. The minimum absolute atomic E-state index is 0.0978. The van der Waals surface area contributed by atoms with Gasteiger partial charge in [0, 0.05) is 5.92 Å². The van der Waals surface area contributed by atoms with Crippen LogP contribution in [0.2, 0.25) is 0 Å². The van der Waals surface area contributed by atoms with Gasteiger partial charge in [-0.25, -0.2) is 0 Å². The van der Waals surface area contributed by atoms with Gasteiger partial charge in [-0.3, -0.25) is 4.79 Å². The summed E-state index contributed by atoms with van der Waals surface area (Å²) < 4.78 is 5.47. The molecule has 0 aliphatic heterocycles. The molecule has 1 aliphatic carbocycles. The molecule has 0 saturated heterocycles. The van der Waals surface area contributed by atoms with Crippen LogP contribution in [-0.2, 0) is 4.79 Å². The van der Waals surface area contributed by atoms with E-state index >= 15 is 0 Å². The number of benzene rings is 1. The monoisotopic (exact) mass is 289 g/mol. The Bertz CT molecular complexity index is 581. The molecule has 0 atom stereocenters. The first-order valence-electron chi connectivity index (χ1n) is 6.62. The van der Waals surface area contributed by atoms with Crippen LogP contribution in [0.1, 0.15) is 30.2 Å². The van der Waals surface area contributed by atoms with Crippen LogP contribution >= 0.6 is 11.3 Å². The van der Waals surface area contributed by atoms with Crippen molar-refractivity contribution in [2.45, 2.75) is 25.2 Å². The molecule has 1 aliphatic rings. The molecular formula is C14H15N3O2S. The van der Waals surface area contributed by atoms with Crippen LogP contribution in [0, 0.1) is 0 Å². The molecule has 1 amide bonds. The number of carbonyl (C=O) groups is 1. The lowest BCUT2D eigenvalue weighted by molar-refractivity contribution is -0.116. The molecule has 3 rings (SSSR count). The molecule has 6 heteroatoms. The third-order valence-corrected chi connectivity index (χ3v) is 3.96. The highest BCUT2D eigenvalue weighted by Crippen LogP contribution is 2.41. The second kappa shape index (κ2) is 6.00. The van der Waals surface area contributed by atoms with Crippen LogP contribution < -0.4 is 10.1 Å². The van der Waals surface area contributed by atoms with E-state index in [4.69, 9.17) is 4.74 Å². The Balaban J connectivity index is 1.42. The number of amides is 1. The zero-order chi connectivity index (χ0) is 13.8. The van der Waals surface area contributed by atoms with Gasteiger partial charge in [-0.1, -0.05) is 29.5 Å². The lowest BCUT2D eigenvalue weighted by Gasteiger charge is -2.05. The van der Waals surface area contributed by atoms with Gasteiger partial charge < -0.3 is 10.1 Å². The van der Waals surface area contributed by atoms with Crippen molar-refractivity contribution in [3.8, 4) is 5.75 Å². The number of hydrogen-bond donors (Lipinski definition) is 1. The van der Waals surface area contributed by atoms with Crippen LogP contribution in [0.25, 0.3) is 0 Å². The number of para-hydroxylation sites is 1. The van der Waals surface area contributed by atoms with E-state index in [0.29, 0.717) is 24.1 Å². The molecule has 5 nitrogen and oxygen atoms in total. The Hall–Kier alpha value is -1.95. The molecule has 1 aromatic carbocycles. The zero-order valence-electron chi connectivity index (χ0n) is 10.9. The average Bonchev–Trinajstić information content (AvgIpc) is 3.21. The SMILES string of the molecule is O=C(CCOc1ccccc1)Nc1nnc(C2CC2)s1. The van der Waals surface area contributed by atoms with Crippen molar-refractivity contribution in [3.05, 3.63) is 35.3 Å². The van der Waals surface area contributed by atoms with E-state index in [-0.39, 0.29) is 5.91 Å². The summed E-state index contributed by atoms with van der Waals surface area (Å²) in [6.07, 6.45) is 2.67. The molecule has 0 radical (unpaired) electrons. The third-order valence-electron chi connectivity index (χ3n) is 2.95. The van der Waals surface area contributed by atoms with E-state index < -0.39 is 0 Å². The molecule has 2 aromatic rings. The summed E-state index contributed by atoms with van der Waals surface area (Å²) in [5.74, 6) is 1.24. The number of carbonyl (C=O) groups excluding carboxylic acids is 1. The molecule has 1 aromatic heterocycles. The molecule has 1 saturated carbocycles. The van der Waals surface area contributed by atoms with Gasteiger partial charge in [-0.15, -0.1) is 10.2 Å². The first-order chi connectivity index (χ1) is 9.81. The van der Waals surface area contributed by atoms with E-state index in [1.54, 1.807) is 0 Å². The van der Waals surface area contributed by atoms with Gasteiger partial charge in [0.05, 0.1) is 13.0 Å². The van der Waals surface area contributed by atoms with E-state index in [0.717, 1.165) is 10.8 Å². The van der Waals surface area contributed by atoms with Crippen LogP contribution in [0.5, 0.6) is 5.75 Å². The predicted octanol–water partition coefficient (Wildman–Crippen LogP) is 2.82. The second-order valence-electron chi connectivity index (χ2n) is 4.68. The normalized spacial score (nSPS) is 14.0. The number of nitrogens with one attached hydrogen (secondary N) is 1. The number of aromatic nitrogens is 2. The van der Waals surface area contributed by atoms with Crippen molar-refractivity contribution in [2.75, 3.05) is 11.9 Å². The minimum Gasteiger partial charge on any atom is -0.493 e. The Morgan fingerprint density at radius 2 is 2.10 bits per heavy atom. The highest BCUT2D eigenvalue weighted by molar-refractivity contribution is 7.15. The largest absolute Gasteiger partial charge is 0.493 e. The van der Waals surface area contributed by atoms with Gasteiger partial charge in [0.1, 0.15) is 10.8 Å². The summed E-state index contributed by atoms with van der Waals surface area (Å²) in [4.78, 5) is 11.7. The van der Waals surface area contributed by atoms with Crippen LogP contribution in [0.15, 0.2) is 30.3 Å². The maximum atomic E-state index is 11.7. The zero-order valence-corrected chi connectivity index (χ0v) is 11.7. The van der Waals surface area contributed by atoms with Crippen LogP contribution in [0.4, 0.5) is 5.13 Å². The van der Waals surface area contributed by atoms with Gasteiger partial charge >= 0.3 is 0 Å². The van der Waals surface area contributed by atoms with Crippen LogP contribution in [-0.4, -0.2) is 22.7 Å². The molecule has 1 heterocycles. The Labute approximate surface area is 121 Å². The lowest BCUT2D eigenvalue weighted by Crippen LogP contribution is -2.15. The Morgan fingerprint density at radius 1 is 1.30 bits per heavy atom. The quantitative estimate of drug-likeness (QED) is 0.888. The lowest BCUT2D eigenvalue weighted by atomic mass is 10.3. The highest BCUT2D eigenvalue weighted by atomic mass is 32.1. The maximum absolute atomic E-state index is 11.7. The second-order valence-corrected chi connectivity index (χ2v) is 5.69. The molecule has 0 spiro atoms. The van der Waals surface area contributed by atoms with Crippen LogP contribution in [0.3, 0.4) is 0 Å². The first-order valence-corrected chi connectivity index (χ1v) is 7.44. The minimum atomic E-state index is -0.0978. The number of ether oxygens (including phenoxy) is 1. The van der Waals surface area contributed by atoms with E-state index in [1.165, 1.54) is 24.2 Å². The molecule has 1 fully saturated rings. The van der Waals surface area contributed by atoms with Gasteiger partial charge in [0.2, 0.25) is 11.0 Å².